The monoisotopic (exact) mass is 404 g/mol. The highest BCUT2D eigenvalue weighted by Crippen LogP contribution is 2.85. The van der Waals surface area contributed by atoms with Crippen LogP contribution in [0.25, 0.3) is 0 Å². The first-order chi connectivity index (χ1) is 14.5. The Morgan fingerprint density at radius 1 is 1.17 bits per heavy atom. The van der Waals surface area contributed by atoms with E-state index in [2.05, 4.69) is 20.2 Å². The van der Waals surface area contributed by atoms with Crippen LogP contribution in [0.3, 0.4) is 0 Å². The Morgan fingerprint density at radius 3 is 2.87 bits per heavy atom. The number of amides is 2. The zero-order valence-corrected chi connectivity index (χ0v) is 16.4. The van der Waals surface area contributed by atoms with Gasteiger partial charge in [-0.05, 0) is 61.6 Å². The molecule has 2 bridgehead atoms. The lowest BCUT2D eigenvalue weighted by Gasteiger charge is -2.79. The molecule has 4 saturated carbocycles. The van der Waals surface area contributed by atoms with E-state index in [0.717, 1.165) is 37.7 Å². The number of halogens is 1. The Kier molecular flexibility index (Phi) is 2.86. The van der Waals surface area contributed by atoms with Crippen LogP contribution in [0, 0.1) is 23.1 Å². The molecular formula is C23H21FN4O2. The summed E-state index contributed by atoms with van der Waals surface area (Å²) >= 11 is 0. The molecule has 2 amide bonds. The Bertz CT molecular complexity index is 1150. The van der Waals surface area contributed by atoms with E-state index in [1.165, 1.54) is 18.3 Å². The molecule has 4 aliphatic carbocycles. The van der Waals surface area contributed by atoms with Gasteiger partial charge in [0.1, 0.15) is 11.5 Å². The van der Waals surface area contributed by atoms with Crippen molar-refractivity contribution in [3.63, 3.8) is 0 Å². The fourth-order valence-electron chi connectivity index (χ4n) is 8.26. The molecule has 7 rings (SSSR count). The molecule has 4 fully saturated rings. The molecule has 5 unspecified atom stereocenters. The highest BCUT2D eigenvalue weighted by atomic mass is 19.1. The van der Waals surface area contributed by atoms with Crippen LogP contribution < -0.4 is 5.32 Å². The molecule has 0 radical (unpaired) electrons. The molecule has 2 aromatic rings. The number of pyridine rings is 2. The van der Waals surface area contributed by atoms with Gasteiger partial charge in [0.2, 0.25) is 0 Å². The molecular weight excluding hydrogens is 383 g/mol. The number of fused-ring (bicyclic) bond motifs is 2. The van der Waals surface area contributed by atoms with Gasteiger partial charge < -0.3 is 10.2 Å². The van der Waals surface area contributed by atoms with Crippen molar-refractivity contribution in [1.29, 1.82) is 0 Å². The molecule has 0 saturated heterocycles. The molecule has 5 atom stereocenters. The van der Waals surface area contributed by atoms with E-state index in [1.807, 2.05) is 6.07 Å². The number of hydrogen-bond acceptors (Lipinski definition) is 4. The zero-order chi connectivity index (χ0) is 20.3. The van der Waals surface area contributed by atoms with Crippen LogP contribution in [0.15, 0.2) is 36.8 Å². The molecule has 152 valence electrons. The summed E-state index contributed by atoms with van der Waals surface area (Å²) in [6, 6.07) is 4.37. The van der Waals surface area contributed by atoms with Crippen molar-refractivity contribution in [2.45, 2.75) is 49.7 Å². The average molecular weight is 404 g/mol. The quantitative estimate of drug-likeness (QED) is 0.854. The zero-order valence-electron chi connectivity index (χ0n) is 16.4. The Balaban J connectivity index is 1.24. The van der Waals surface area contributed by atoms with Crippen molar-refractivity contribution in [2.24, 2.45) is 17.3 Å². The van der Waals surface area contributed by atoms with Crippen LogP contribution >= 0.6 is 0 Å². The van der Waals surface area contributed by atoms with E-state index < -0.39 is 5.82 Å². The first-order valence-corrected chi connectivity index (χ1v) is 10.7. The van der Waals surface area contributed by atoms with Crippen LogP contribution in [-0.4, -0.2) is 37.8 Å². The molecule has 2 aromatic heterocycles. The second kappa shape index (κ2) is 5.07. The number of rotatable bonds is 3. The van der Waals surface area contributed by atoms with Crippen molar-refractivity contribution in [3.8, 4) is 0 Å². The van der Waals surface area contributed by atoms with Gasteiger partial charge in [0.25, 0.3) is 11.8 Å². The molecule has 6 nitrogen and oxygen atoms in total. The van der Waals surface area contributed by atoms with Gasteiger partial charge in [-0.15, -0.1) is 0 Å². The van der Waals surface area contributed by atoms with Crippen LogP contribution in [0.4, 0.5) is 4.39 Å². The summed E-state index contributed by atoms with van der Waals surface area (Å²) < 4.78 is 13.6. The van der Waals surface area contributed by atoms with E-state index in [0.29, 0.717) is 23.9 Å². The van der Waals surface area contributed by atoms with Crippen LogP contribution in [-0.2, 0) is 6.54 Å². The summed E-state index contributed by atoms with van der Waals surface area (Å²) in [5.41, 5.74) is 1.33. The minimum atomic E-state index is -0.461. The third-order valence-electron chi connectivity index (χ3n) is 8.97. The first-order valence-electron chi connectivity index (χ1n) is 10.7. The molecule has 3 heterocycles. The summed E-state index contributed by atoms with van der Waals surface area (Å²) in [4.78, 5) is 36.6. The molecule has 1 aliphatic heterocycles. The van der Waals surface area contributed by atoms with Gasteiger partial charge in [-0.3, -0.25) is 19.6 Å². The fourth-order valence-corrected chi connectivity index (χ4v) is 8.26. The van der Waals surface area contributed by atoms with Gasteiger partial charge >= 0.3 is 0 Å². The minimum absolute atomic E-state index is 0.0568. The normalized spacial score (nSPS) is 39.2. The van der Waals surface area contributed by atoms with Gasteiger partial charge in [-0.1, -0.05) is 0 Å². The van der Waals surface area contributed by atoms with E-state index in [-0.39, 0.29) is 34.0 Å². The van der Waals surface area contributed by atoms with Gasteiger partial charge in [0, 0.05) is 42.2 Å². The summed E-state index contributed by atoms with van der Waals surface area (Å²) in [6.07, 6.45) is 9.75. The van der Waals surface area contributed by atoms with Crippen molar-refractivity contribution in [2.75, 3.05) is 0 Å². The maximum Gasteiger partial charge on any atom is 0.270 e. The Morgan fingerprint density at radius 2 is 2.07 bits per heavy atom. The van der Waals surface area contributed by atoms with Gasteiger partial charge in [0.05, 0.1) is 11.1 Å². The number of nitrogens with zero attached hydrogens (tertiary/aromatic N) is 3. The molecule has 1 N–H and O–H groups in total. The molecule has 7 heteroatoms. The lowest BCUT2D eigenvalue weighted by atomic mass is 9.31. The second-order valence-electron chi connectivity index (χ2n) is 9.91. The smallest absolute Gasteiger partial charge is 0.270 e. The molecule has 30 heavy (non-hydrogen) atoms. The summed E-state index contributed by atoms with van der Waals surface area (Å²) in [7, 11) is 0. The maximum absolute atomic E-state index is 13.6. The fraction of sp³-hybridized carbons (Fsp3) is 0.478. The third-order valence-corrected chi connectivity index (χ3v) is 8.97. The lowest BCUT2D eigenvalue weighted by molar-refractivity contribution is -0.260. The van der Waals surface area contributed by atoms with Gasteiger partial charge in [-0.2, -0.15) is 0 Å². The van der Waals surface area contributed by atoms with Crippen LogP contribution in [0.5, 0.6) is 0 Å². The minimum Gasteiger partial charge on any atom is -0.345 e. The predicted molar refractivity (Wildman–Crippen MR) is 104 cm³/mol. The van der Waals surface area contributed by atoms with E-state index in [9.17, 15) is 14.0 Å². The lowest BCUT2D eigenvalue weighted by Crippen LogP contribution is -2.86. The summed E-state index contributed by atoms with van der Waals surface area (Å²) in [5, 5.41) is 3.28. The standard InChI is InChI=1S/C23H21FN4O2/c24-16-2-4-26-18(5-16)19(29)27-21-6-13-7-22(10-15(9-21)23(21,22)8-13)28-12-14-1-3-25-11-17(14)20(28)30/h1-5,11,13,15H,6-10,12H2,(H,27,29). The number of aromatic nitrogens is 2. The number of nitrogens with one attached hydrogen (secondary N) is 1. The summed E-state index contributed by atoms with van der Waals surface area (Å²) in [6.45, 7) is 0.632. The van der Waals surface area contributed by atoms with Crippen molar-refractivity contribution >= 4 is 11.8 Å². The van der Waals surface area contributed by atoms with Crippen LogP contribution in [0.1, 0.15) is 58.5 Å². The highest BCUT2D eigenvalue weighted by molar-refractivity contribution is 5.99. The number of carbonyl (C=O) groups excluding carboxylic acids is 2. The number of carbonyl (C=O) groups is 2. The van der Waals surface area contributed by atoms with E-state index in [4.69, 9.17) is 0 Å². The van der Waals surface area contributed by atoms with Gasteiger partial charge in [0.15, 0.2) is 0 Å². The predicted octanol–water partition coefficient (Wildman–Crippen LogP) is 2.70. The average Bonchev–Trinajstić information content (AvgIpc) is 3.31. The Labute approximate surface area is 172 Å². The van der Waals surface area contributed by atoms with Crippen molar-refractivity contribution in [3.05, 3.63) is 59.4 Å². The van der Waals surface area contributed by atoms with E-state index >= 15 is 0 Å². The van der Waals surface area contributed by atoms with Crippen molar-refractivity contribution < 1.29 is 14.0 Å². The molecule has 5 aliphatic rings. The Hall–Kier alpha value is -2.83. The first kappa shape index (κ1) is 16.9. The third kappa shape index (κ3) is 1.66. The van der Waals surface area contributed by atoms with E-state index in [1.54, 1.807) is 12.4 Å². The number of hydrogen-bond donors (Lipinski definition) is 1. The molecule has 0 aromatic carbocycles. The molecule has 1 spiro atoms. The van der Waals surface area contributed by atoms with Crippen LogP contribution in [0.2, 0.25) is 0 Å². The SMILES string of the molecule is O=C(NC12CC3CC4(N5Cc6ccncc6C5=O)CC(C1)C24C3)c1cc(F)ccn1. The topological polar surface area (TPSA) is 75.2 Å². The van der Waals surface area contributed by atoms with Crippen molar-refractivity contribution in [1.82, 2.24) is 20.2 Å². The van der Waals surface area contributed by atoms with Gasteiger partial charge in [-0.25, -0.2) is 4.39 Å². The maximum atomic E-state index is 13.6. The second-order valence-corrected chi connectivity index (χ2v) is 9.91. The summed E-state index contributed by atoms with van der Waals surface area (Å²) in [5.74, 6) is 0.360. The highest BCUT2D eigenvalue weighted by Gasteiger charge is 2.88. The largest absolute Gasteiger partial charge is 0.345 e.